The minimum Gasteiger partial charge on any atom is -0.497 e. The first-order chi connectivity index (χ1) is 9.89. The fourth-order valence-electron chi connectivity index (χ4n) is 2.60. The molecule has 0 saturated carbocycles. The van der Waals surface area contributed by atoms with E-state index in [9.17, 15) is 9.59 Å². The van der Waals surface area contributed by atoms with Crippen molar-refractivity contribution in [2.75, 3.05) is 7.11 Å². The van der Waals surface area contributed by atoms with Crippen molar-refractivity contribution in [3.63, 3.8) is 0 Å². The van der Waals surface area contributed by atoms with Gasteiger partial charge >= 0.3 is 0 Å². The van der Waals surface area contributed by atoms with E-state index in [1.54, 1.807) is 25.9 Å². The lowest BCUT2D eigenvalue weighted by Crippen LogP contribution is -2.67. The first kappa shape index (κ1) is 15.4. The van der Waals surface area contributed by atoms with Crippen LogP contribution in [0.3, 0.4) is 0 Å². The van der Waals surface area contributed by atoms with E-state index in [0.29, 0.717) is 13.0 Å². The van der Waals surface area contributed by atoms with E-state index in [1.165, 1.54) is 0 Å². The molecule has 114 valence electrons. The lowest BCUT2D eigenvalue weighted by Gasteiger charge is -2.42. The highest BCUT2D eigenvalue weighted by Gasteiger charge is 2.44. The number of rotatable bonds is 4. The summed E-state index contributed by atoms with van der Waals surface area (Å²) >= 11 is 0. The zero-order chi connectivity index (χ0) is 15.6. The van der Waals surface area contributed by atoms with Gasteiger partial charge in [0.2, 0.25) is 11.8 Å². The average molecular weight is 290 g/mol. The molecule has 1 aliphatic rings. The topological polar surface area (TPSA) is 58.6 Å². The zero-order valence-electron chi connectivity index (χ0n) is 13.0. The van der Waals surface area contributed by atoms with Crippen molar-refractivity contribution < 1.29 is 14.3 Å². The molecule has 1 fully saturated rings. The van der Waals surface area contributed by atoms with Gasteiger partial charge in [-0.15, -0.1) is 0 Å². The molecule has 21 heavy (non-hydrogen) atoms. The highest BCUT2D eigenvalue weighted by atomic mass is 16.5. The SMILES string of the molecule is CCC1C(=O)NC(C)(C)C(=O)N1Cc1ccc(OC)cc1. The Morgan fingerprint density at radius 2 is 1.86 bits per heavy atom. The predicted octanol–water partition coefficient (Wildman–Crippen LogP) is 1.71. The van der Waals surface area contributed by atoms with E-state index in [4.69, 9.17) is 4.74 Å². The van der Waals surface area contributed by atoms with Crippen LogP contribution in [0.25, 0.3) is 0 Å². The zero-order valence-corrected chi connectivity index (χ0v) is 13.0. The Labute approximate surface area is 125 Å². The van der Waals surface area contributed by atoms with Gasteiger partial charge in [0, 0.05) is 6.54 Å². The van der Waals surface area contributed by atoms with Gasteiger partial charge in [-0.1, -0.05) is 19.1 Å². The summed E-state index contributed by atoms with van der Waals surface area (Å²) in [5, 5.41) is 2.79. The first-order valence-corrected chi connectivity index (χ1v) is 7.15. The Morgan fingerprint density at radius 1 is 1.24 bits per heavy atom. The van der Waals surface area contributed by atoms with Crippen molar-refractivity contribution in [1.29, 1.82) is 0 Å². The van der Waals surface area contributed by atoms with E-state index < -0.39 is 11.6 Å². The molecule has 0 aromatic heterocycles. The summed E-state index contributed by atoms with van der Waals surface area (Å²) in [6, 6.07) is 7.13. The molecule has 1 heterocycles. The van der Waals surface area contributed by atoms with Gasteiger partial charge in [-0.25, -0.2) is 0 Å². The Hall–Kier alpha value is -2.04. The summed E-state index contributed by atoms with van der Waals surface area (Å²) < 4.78 is 5.13. The third-order valence-corrected chi connectivity index (χ3v) is 3.81. The Morgan fingerprint density at radius 3 is 2.38 bits per heavy atom. The summed E-state index contributed by atoms with van der Waals surface area (Å²) in [6.07, 6.45) is 0.601. The van der Waals surface area contributed by atoms with Gasteiger partial charge in [-0.2, -0.15) is 0 Å². The quantitative estimate of drug-likeness (QED) is 0.918. The molecule has 1 aromatic rings. The van der Waals surface area contributed by atoms with Crippen LogP contribution in [0.2, 0.25) is 0 Å². The maximum absolute atomic E-state index is 12.6. The van der Waals surface area contributed by atoms with Gasteiger partial charge in [-0.3, -0.25) is 9.59 Å². The number of nitrogens with one attached hydrogen (secondary N) is 1. The van der Waals surface area contributed by atoms with Gasteiger partial charge in [0.15, 0.2) is 0 Å². The number of hydrogen-bond acceptors (Lipinski definition) is 3. The minimum absolute atomic E-state index is 0.0511. The maximum atomic E-state index is 12.6. The molecule has 2 rings (SSSR count). The van der Waals surface area contributed by atoms with Gasteiger partial charge in [0.25, 0.3) is 0 Å². The predicted molar refractivity (Wildman–Crippen MR) is 79.8 cm³/mol. The second-order valence-electron chi connectivity index (χ2n) is 5.82. The molecule has 0 bridgehead atoms. The van der Waals surface area contributed by atoms with E-state index in [-0.39, 0.29) is 11.8 Å². The average Bonchev–Trinajstić information content (AvgIpc) is 2.45. The Bertz CT molecular complexity index is 537. The number of methoxy groups -OCH3 is 1. The van der Waals surface area contributed by atoms with Crippen LogP contribution in [0.4, 0.5) is 0 Å². The summed E-state index contributed by atoms with van der Waals surface area (Å²) in [6.45, 7) is 5.81. The Balaban J connectivity index is 2.24. The van der Waals surface area contributed by atoms with Gasteiger partial charge in [-0.05, 0) is 38.0 Å². The Kier molecular flexibility index (Phi) is 4.21. The second-order valence-corrected chi connectivity index (χ2v) is 5.82. The van der Waals surface area contributed by atoms with Crippen molar-refractivity contribution in [3.05, 3.63) is 29.8 Å². The summed E-state index contributed by atoms with van der Waals surface area (Å²) in [4.78, 5) is 26.4. The molecule has 1 aromatic carbocycles. The van der Waals surface area contributed by atoms with Crippen LogP contribution < -0.4 is 10.1 Å². The molecule has 2 amide bonds. The number of benzene rings is 1. The third-order valence-electron chi connectivity index (χ3n) is 3.81. The highest BCUT2D eigenvalue weighted by molar-refractivity contribution is 5.99. The summed E-state index contributed by atoms with van der Waals surface area (Å²) in [7, 11) is 1.61. The van der Waals surface area contributed by atoms with Gasteiger partial charge in [0.1, 0.15) is 17.3 Å². The number of carbonyl (C=O) groups is 2. The lowest BCUT2D eigenvalue weighted by atomic mass is 9.95. The molecule has 0 aliphatic carbocycles. The molecule has 0 spiro atoms. The first-order valence-electron chi connectivity index (χ1n) is 7.15. The van der Waals surface area contributed by atoms with Crippen molar-refractivity contribution in [2.45, 2.75) is 45.3 Å². The van der Waals surface area contributed by atoms with Gasteiger partial charge < -0.3 is 15.0 Å². The van der Waals surface area contributed by atoms with Crippen molar-refractivity contribution in [2.24, 2.45) is 0 Å². The van der Waals surface area contributed by atoms with E-state index >= 15 is 0 Å². The number of carbonyl (C=O) groups excluding carboxylic acids is 2. The number of ether oxygens (including phenoxy) is 1. The number of piperazine rings is 1. The molecule has 1 saturated heterocycles. The van der Waals surface area contributed by atoms with Crippen molar-refractivity contribution in [3.8, 4) is 5.75 Å². The van der Waals surface area contributed by atoms with E-state index in [0.717, 1.165) is 11.3 Å². The molecular formula is C16H22N2O3. The fraction of sp³-hybridized carbons (Fsp3) is 0.500. The van der Waals surface area contributed by atoms with Crippen LogP contribution in [0, 0.1) is 0 Å². The molecule has 5 nitrogen and oxygen atoms in total. The molecule has 0 radical (unpaired) electrons. The number of nitrogens with zero attached hydrogens (tertiary/aromatic N) is 1. The van der Waals surface area contributed by atoms with Crippen molar-refractivity contribution in [1.82, 2.24) is 10.2 Å². The molecule has 5 heteroatoms. The van der Waals surface area contributed by atoms with Crippen LogP contribution in [0.15, 0.2) is 24.3 Å². The van der Waals surface area contributed by atoms with Crippen molar-refractivity contribution >= 4 is 11.8 Å². The van der Waals surface area contributed by atoms with Crippen LogP contribution in [-0.4, -0.2) is 35.4 Å². The van der Waals surface area contributed by atoms with Gasteiger partial charge in [0.05, 0.1) is 7.11 Å². The number of amides is 2. The van der Waals surface area contributed by atoms with E-state index in [2.05, 4.69) is 5.32 Å². The normalized spacial score (nSPS) is 21.1. The highest BCUT2D eigenvalue weighted by Crippen LogP contribution is 2.23. The van der Waals surface area contributed by atoms with E-state index in [1.807, 2.05) is 31.2 Å². The monoisotopic (exact) mass is 290 g/mol. The molecule has 1 aliphatic heterocycles. The van der Waals surface area contributed by atoms with Crippen LogP contribution in [-0.2, 0) is 16.1 Å². The summed E-state index contributed by atoms with van der Waals surface area (Å²) in [5.74, 6) is 0.634. The minimum atomic E-state index is -0.852. The maximum Gasteiger partial charge on any atom is 0.248 e. The second kappa shape index (κ2) is 5.76. The molecule has 1 atom stereocenters. The molecule has 1 unspecified atom stereocenters. The van der Waals surface area contributed by atoms with Crippen LogP contribution >= 0.6 is 0 Å². The molecule has 1 N–H and O–H groups in total. The lowest BCUT2D eigenvalue weighted by molar-refractivity contribution is -0.154. The van der Waals surface area contributed by atoms with Crippen LogP contribution in [0.1, 0.15) is 32.8 Å². The molecular weight excluding hydrogens is 268 g/mol. The summed E-state index contributed by atoms with van der Waals surface area (Å²) in [5.41, 5.74) is 0.128. The van der Waals surface area contributed by atoms with Crippen LogP contribution in [0.5, 0.6) is 5.75 Å². The fourth-order valence-corrected chi connectivity index (χ4v) is 2.60. The third kappa shape index (κ3) is 3.01. The largest absolute Gasteiger partial charge is 0.497 e. The standard InChI is InChI=1S/C16H22N2O3/c1-5-13-14(19)17-16(2,3)15(20)18(13)10-11-6-8-12(21-4)9-7-11/h6-9,13H,5,10H2,1-4H3,(H,17,19). The smallest absolute Gasteiger partial charge is 0.248 e. The number of hydrogen-bond donors (Lipinski definition) is 1.